The average molecular weight is 346 g/mol. The highest BCUT2D eigenvalue weighted by Crippen LogP contribution is 2.28. The Hall–Kier alpha value is -1.17. The minimum atomic E-state index is -1.18. The molecule has 1 aliphatic rings. The zero-order chi connectivity index (χ0) is 15.5. The number of benzene rings is 1. The van der Waals surface area contributed by atoms with Crippen LogP contribution in [0.3, 0.4) is 0 Å². The second kappa shape index (κ2) is 6.73. The number of hydrogen-bond donors (Lipinski definition) is 2. The molecule has 1 atom stereocenters. The normalized spacial score (nSPS) is 21.6. The first-order chi connectivity index (χ1) is 9.93. The summed E-state index contributed by atoms with van der Waals surface area (Å²) in [5, 5.41) is 12.8. The van der Waals surface area contributed by atoms with E-state index in [1.165, 1.54) is 23.9 Å². The summed E-state index contributed by atoms with van der Waals surface area (Å²) in [4.78, 5) is 23.3. The maximum absolute atomic E-state index is 11.9. The molecule has 4 nitrogen and oxygen atoms in total. The van der Waals surface area contributed by atoms with E-state index in [4.69, 9.17) is 23.2 Å². The van der Waals surface area contributed by atoms with Crippen molar-refractivity contribution in [3.05, 3.63) is 39.9 Å². The number of carboxylic acid groups (broad SMARTS) is 1. The van der Waals surface area contributed by atoms with E-state index in [0.717, 1.165) is 5.75 Å². The Balaban J connectivity index is 2.09. The molecular formula is C14H13Cl2NO3S. The molecule has 112 valence electrons. The molecule has 1 aromatic rings. The van der Waals surface area contributed by atoms with Crippen LogP contribution in [0, 0.1) is 0 Å². The molecule has 2 N–H and O–H groups in total. The van der Waals surface area contributed by atoms with Gasteiger partial charge in [0.25, 0.3) is 0 Å². The fourth-order valence-corrected chi connectivity index (χ4v) is 3.66. The summed E-state index contributed by atoms with van der Waals surface area (Å²) in [5.41, 5.74) is -0.575. The van der Waals surface area contributed by atoms with Gasteiger partial charge in [-0.2, -0.15) is 11.8 Å². The van der Waals surface area contributed by atoms with E-state index in [9.17, 15) is 14.7 Å². The third-order valence-corrected chi connectivity index (χ3v) is 4.93. The third kappa shape index (κ3) is 3.93. The van der Waals surface area contributed by atoms with Crippen LogP contribution in [-0.2, 0) is 9.59 Å². The van der Waals surface area contributed by atoms with Crippen LogP contribution in [0.15, 0.2) is 24.3 Å². The first-order valence-corrected chi connectivity index (χ1v) is 8.10. The van der Waals surface area contributed by atoms with Gasteiger partial charge in [-0.05, 0) is 42.0 Å². The van der Waals surface area contributed by atoms with Gasteiger partial charge >= 0.3 is 5.97 Å². The van der Waals surface area contributed by atoms with E-state index in [2.05, 4.69) is 5.32 Å². The molecule has 1 aromatic carbocycles. The van der Waals surface area contributed by atoms with Crippen molar-refractivity contribution in [3.8, 4) is 0 Å². The molecule has 0 spiro atoms. The molecule has 21 heavy (non-hydrogen) atoms. The van der Waals surface area contributed by atoms with E-state index in [-0.39, 0.29) is 0 Å². The zero-order valence-corrected chi connectivity index (χ0v) is 13.3. The van der Waals surface area contributed by atoms with E-state index in [1.54, 1.807) is 18.2 Å². The summed E-state index contributed by atoms with van der Waals surface area (Å²) in [7, 11) is 0. The van der Waals surface area contributed by atoms with Gasteiger partial charge in [-0.1, -0.05) is 23.2 Å². The van der Waals surface area contributed by atoms with Crippen LogP contribution in [0.5, 0.6) is 0 Å². The van der Waals surface area contributed by atoms with Gasteiger partial charge in [0, 0.05) is 21.9 Å². The molecule has 0 aliphatic carbocycles. The summed E-state index contributed by atoms with van der Waals surface area (Å²) < 4.78 is 0. The highest BCUT2D eigenvalue weighted by atomic mass is 35.5. The largest absolute Gasteiger partial charge is 0.479 e. The minimum Gasteiger partial charge on any atom is -0.479 e. The Morgan fingerprint density at radius 3 is 2.76 bits per heavy atom. The molecule has 0 radical (unpaired) electrons. The summed E-state index contributed by atoms with van der Waals surface area (Å²) >= 11 is 13.4. The Kier molecular flexibility index (Phi) is 5.19. The van der Waals surface area contributed by atoms with Crippen molar-refractivity contribution >= 4 is 52.9 Å². The van der Waals surface area contributed by atoms with Gasteiger partial charge < -0.3 is 10.4 Å². The fourth-order valence-electron chi connectivity index (χ4n) is 1.97. The number of rotatable bonds is 4. The van der Waals surface area contributed by atoms with E-state index in [0.29, 0.717) is 27.8 Å². The maximum Gasteiger partial charge on any atom is 0.330 e. The predicted octanol–water partition coefficient (Wildman–Crippen LogP) is 3.08. The Morgan fingerprint density at radius 1 is 1.38 bits per heavy atom. The molecule has 1 fully saturated rings. The molecule has 1 unspecified atom stereocenters. The monoisotopic (exact) mass is 345 g/mol. The van der Waals surface area contributed by atoms with E-state index >= 15 is 0 Å². The zero-order valence-electron chi connectivity index (χ0n) is 10.9. The highest BCUT2D eigenvalue weighted by molar-refractivity contribution is 7.99. The molecule has 0 saturated carbocycles. The molecule has 1 heterocycles. The lowest BCUT2D eigenvalue weighted by molar-refractivity contribution is -0.145. The van der Waals surface area contributed by atoms with Gasteiger partial charge in [-0.3, -0.25) is 4.79 Å². The summed E-state index contributed by atoms with van der Waals surface area (Å²) in [6, 6.07) is 4.91. The lowest BCUT2D eigenvalue weighted by atomic mass is 9.99. The van der Waals surface area contributed by atoms with E-state index < -0.39 is 17.4 Å². The van der Waals surface area contributed by atoms with Crippen LogP contribution in [0.2, 0.25) is 10.0 Å². The predicted molar refractivity (Wildman–Crippen MR) is 85.9 cm³/mol. The number of aliphatic carboxylic acids is 1. The molecule has 2 rings (SSSR count). The van der Waals surface area contributed by atoms with Crippen LogP contribution in [0.1, 0.15) is 12.0 Å². The molecule has 1 aliphatic heterocycles. The molecule has 1 saturated heterocycles. The van der Waals surface area contributed by atoms with Gasteiger partial charge in [-0.15, -0.1) is 0 Å². The highest BCUT2D eigenvalue weighted by Gasteiger charge is 2.42. The summed E-state index contributed by atoms with van der Waals surface area (Å²) in [6.45, 7) is 0. The minimum absolute atomic E-state index is 0.375. The van der Waals surface area contributed by atoms with Crippen molar-refractivity contribution in [2.24, 2.45) is 0 Å². The first kappa shape index (κ1) is 16.2. The quantitative estimate of drug-likeness (QED) is 0.823. The third-order valence-electron chi connectivity index (χ3n) is 3.17. The lowest BCUT2D eigenvalue weighted by Gasteiger charge is -2.23. The van der Waals surface area contributed by atoms with Gasteiger partial charge in [0.05, 0.1) is 0 Å². The number of nitrogens with one attached hydrogen (secondary N) is 1. The van der Waals surface area contributed by atoms with Crippen molar-refractivity contribution in [3.63, 3.8) is 0 Å². The summed E-state index contributed by atoms with van der Waals surface area (Å²) in [6.07, 6.45) is 3.21. The molecule has 1 amide bonds. The van der Waals surface area contributed by atoms with Crippen molar-refractivity contribution < 1.29 is 14.7 Å². The molecular weight excluding hydrogens is 333 g/mol. The molecule has 0 aromatic heterocycles. The number of thioether (sulfide) groups is 1. The number of carboxylic acids is 1. The van der Waals surface area contributed by atoms with Gasteiger partial charge in [0.2, 0.25) is 5.91 Å². The number of halogens is 2. The van der Waals surface area contributed by atoms with Crippen LogP contribution < -0.4 is 5.32 Å². The smallest absolute Gasteiger partial charge is 0.330 e. The second-order valence-corrected chi connectivity index (χ2v) is 6.63. The van der Waals surface area contributed by atoms with Crippen molar-refractivity contribution in [1.82, 2.24) is 5.32 Å². The number of hydrogen-bond acceptors (Lipinski definition) is 3. The van der Waals surface area contributed by atoms with Crippen LogP contribution in [0.25, 0.3) is 6.08 Å². The van der Waals surface area contributed by atoms with Gasteiger partial charge in [-0.25, -0.2) is 4.79 Å². The van der Waals surface area contributed by atoms with Gasteiger partial charge in [0.15, 0.2) is 0 Å². The lowest BCUT2D eigenvalue weighted by Crippen LogP contribution is -2.54. The SMILES string of the molecule is O=C(C=Cc1cc(Cl)ccc1Cl)NC1(C(=O)O)CCSC1. The van der Waals surface area contributed by atoms with Crippen molar-refractivity contribution in [2.75, 3.05) is 11.5 Å². The van der Waals surface area contributed by atoms with Crippen LogP contribution in [0.4, 0.5) is 0 Å². The van der Waals surface area contributed by atoms with Gasteiger partial charge in [0.1, 0.15) is 5.54 Å². The Bertz CT molecular complexity index is 598. The Labute approximate surface area is 136 Å². The number of carbonyl (C=O) groups is 2. The van der Waals surface area contributed by atoms with Crippen molar-refractivity contribution in [2.45, 2.75) is 12.0 Å². The van der Waals surface area contributed by atoms with Crippen molar-refractivity contribution in [1.29, 1.82) is 0 Å². The Morgan fingerprint density at radius 2 is 2.14 bits per heavy atom. The maximum atomic E-state index is 11.9. The summed E-state index contributed by atoms with van der Waals surface area (Å²) in [5.74, 6) is -0.373. The van der Waals surface area contributed by atoms with Crippen LogP contribution in [-0.4, -0.2) is 34.0 Å². The number of amides is 1. The topological polar surface area (TPSA) is 66.4 Å². The number of carbonyl (C=O) groups excluding carboxylic acids is 1. The average Bonchev–Trinajstić information content (AvgIpc) is 2.89. The van der Waals surface area contributed by atoms with Crippen LogP contribution >= 0.6 is 35.0 Å². The molecule has 0 bridgehead atoms. The van der Waals surface area contributed by atoms with E-state index in [1.807, 2.05) is 0 Å². The molecule has 7 heteroatoms. The standard InChI is InChI=1S/C14H13Cl2NO3S/c15-10-2-3-11(16)9(7-10)1-4-12(18)17-14(13(19)20)5-6-21-8-14/h1-4,7H,5-6,8H2,(H,17,18)(H,19,20). The first-order valence-electron chi connectivity index (χ1n) is 6.19. The second-order valence-electron chi connectivity index (χ2n) is 4.68. The fraction of sp³-hybridized carbons (Fsp3) is 0.286.